The van der Waals surface area contributed by atoms with Gasteiger partial charge in [0, 0.05) is 55.4 Å². The van der Waals surface area contributed by atoms with Crippen LogP contribution in [0.1, 0.15) is 20.7 Å². The first-order chi connectivity index (χ1) is 15.5. The fourth-order valence-electron chi connectivity index (χ4n) is 3.86. The van der Waals surface area contributed by atoms with Gasteiger partial charge in [0.05, 0.1) is 30.2 Å². The third-order valence-electron chi connectivity index (χ3n) is 5.51. The largest absolute Gasteiger partial charge is 0.495 e. The molecule has 0 aliphatic carbocycles. The second kappa shape index (κ2) is 9.70. The molecular weight excluding hydrogens is 476 g/mol. The first-order valence-corrected chi connectivity index (χ1v) is 11.2. The number of halogens is 1. The van der Waals surface area contributed by atoms with Crippen LogP contribution in [-0.2, 0) is 11.3 Å². The summed E-state index contributed by atoms with van der Waals surface area (Å²) < 4.78 is 13.3. The predicted octanol–water partition coefficient (Wildman–Crippen LogP) is 2.96. The van der Waals surface area contributed by atoms with Gasteiger partial charge in [-0.15, -0.1) is 0 Å². The monoisotopic (exact) mass is 500 g/mol. The lowest BCUT2D eigenvalue weighted by Crippen LogP contribution is -2.51. The number of carbonyl (C=O) groups is 2. The minimum atomic E-state index is -0.213. The topological polar surface area (TPSA) is 85.7 Å². The summed E-state index contributed by atoms with van der Waals surface area (Å²) in [6, 6.07) is 11.0. The number of aromatic nitrogens is 2. The molecule has 1 saturated heterocycles. The number of carbonyl (C=O) groups excluding carboxylic acids is 2. The first-order valence-electron chi connectivity index (χ1n) is 10.4. The summed E-state index contributed by atoms with van der Waals surface area (Å²) >= 11 is 3.39. The summed E-state index contributed by atoms with van der Waals surface area (Å²) in [5, 5.41) is 8.24. The molecule has 1 aliphatic rings. The van der Waals surface area contributed by atoms with Gasteiger partial charge in [-0.25, -0.2) is 0 Å². The number of fused-ring (bicyclic) bond motifs is 1. The number of ether oxygens (including phenoxy) is 2. The molecule has 0 atom stereocenters. The highest BCUT2D eigenvalue weighted by molar-refractivity contribution is 9.10. The van der Waals surface area contributed by atoms with Gasteiger partial charge in [0.1, 0.15) is 5.75 Å². The number of benzene rings is 2. The molecule has 2 aromatic carbocycles. The molecule has 0 spiro atoms. The van der Waals surface area contributed by atoms with Gasteiger partial charge in [0.2, 0.25) is 0 Å². The van der Waals surface area contributed by atoms with Crippen LogP contribution < -0.4 is 10.1 Å². The molecule has 1 fully saturated rings. The van der Waals surface area contributed by atoms with Crippen molar-refractivity contribution in [2.45, 2.75) is 6.54 Å². The van der Waals surface area contributed by atoms with Gasteiger partial charge in [-0.05, 0) is 36.4 Å². The number of hydrogen-bond acceptors (Lipinski definition) is 5. The van der Waals surface area contributed by atoms with Crippen molar-refractivity contribution in [1.29, 1.82) is 0 Å². The van der Waals surface area contributed by atoms with Gasteiger partial charge in [-0.2, -0.15) is 5.10 Å². The Labute approximate surface area is 194 Å². The molecule has 3 aromatic rings. The summed E-state index contributed by atoms with van der Waals surface area (Å²) in [6.45, 7) is 2.94. The fourth-order valence-corrected chi connectivity index (χ4v) is 4.13. The number of nitrogens with one attached hydrogen (secondary N) is 1. The Balaban J connectivity index is 1.42. The molecule has 0 radical (unpaired) electrons. The van der Waals surface area contributed by atoms with Crippen molar-refractivity contribution in [1.82, 2.24) is 20.0 Å². The zero-order chi connectivity index (χ0) is 22.7. The Morgan fingerprint density at radius 2 is 1.91 bits per heavy atom. The maximum atomic E-state index is 12.6. The van der Waals surface area contributed by atoms with E-state index in [2.05, 4.69) is 26.3 Å². The van der Waals surface area contributed by atoms with Crippen LogP contribution in [0.4, 0.5) is 0 Å². The van der Waals surface area contributed by atoms with Crippen molar-refractivity contribution in [3.63, 3.8) is 0 Å². The first kappa shape index (κ1) is 22.3. The standard InChI is InChI=1S/C23H25BrN4O4/c1-31-10-9-25-22(29)18-7-8-20-19(21(18)32-2)14-28(26-20)13-15-11-27(12-15)23(30)16-3-5-17(24)6-4-16/h3-8,14-15H,9-13H2,1-2H3,(H,25,29). The SMILES string of the molecule is COCCNC(=O)c1ccc2nn(CC3CN(C(=O)c4ccc(Br)cc4)C3)cc2c1OC. The molecule has 9 heteroatoms. The van der Waals surface area contributed by atoms with Crippen LogP contribution in [0.3, 0.4) is 0 Å². The van der Waals surface area contributed by atoms with Gasteiger partial charge >= 0.3 is 0 Å². The van der Waals surface area contributed by atoms with Crippen LogP contribution in [0.2, 0.25) is 0 Å². The molecule has 4 rings (SSSR count). The highest BCUT2D eigenvalue weighted by atomic mass is 79.9. The van der Waals surface area contributed by atoms with Gasteiger partial charge < -0.3 is 19.7 Å². The highest BCUT2D eigenvalue weighted by Crippen LogP contribution is 2.30. The van der Waals surface area contributed by atoms with E-state index >= 15 is 0 Å². The van der Waals surface area contributed by atoms with E-state index in [1.807, 2.05) is 46.1 Å². The number of hydrogen-bond donors (Lipinski definition) is 1. The van der Waals surface area contributed by atoms with Crippen LogP contribution in [0.25, 0.3) is 10.9 Å². The van der Waals surface area contributed by atoms with Crippen molar-refractivity contribution in [3.8, 4) is 5.75 Å². The summed E-state index contributed by atoms with van der Waals surface area (Å²) in [5.74, 6) is 0.663. The van der Waals surface area contributed by atoms with Crippen molar-refractivity contribution >= 4 is 38.6 Å². The molecule has 1 N–H and O–H groups in total. The maximum absolute atomic E-state index is 12.6. The average molecular weight is 501 g/mol. The molecular formula is C23H25BrN4O4. The van der Waals surface area contributed by atoms with E-state index in [1.54, 1.807) is 20.3 Å². The predicted molar refractivity (Wildman–Crippen MR) is 124 cm³/mol. The van der Waals surface area contributed by atoms with Crippen molar-refractivity contribution in [2.24, 2.45) is 5.92 Å². The van der Waals surface area contributed by atoms with E-state index in [0.29, 0.717) is 55.6 Å². The molecule has 0 saturated carbocycles. The third-order valence-corrected chi connectivity index (χ3v) is 6.04. The Kier molecular flexibility index (Phi) is 6.76. The summed E-state index contributed by atoms with van der Waals surface area (Å²) in [7, 11) is 3.14. The fraction of sp³-hybridized carbons (Fsp3) is 0.348. The second-order valence-corrected chi connectivity index (χ2v) is 8.68. The van der Waals surface area contributed by atoms with Crippen LogP contribution in [-0.4, -0.2) is 67.0 Å². The lowest BCUT2D eigenvalue weighted by Gasteiger charge is -2.39. The van der Waals surface area contributed by atoms with E-state index in [-0.39, 0.29) is 11.8 Å². The molecule has 1 aliphatic heterocycles. The molecule has 168 valence electrons. The van der Waals surface area contributed by atoms with E-state index in [1.165, 1.54) is 0 Å². The van der Waals surface area contributed by atoms with Gasteiger partial charge in [0.15, 0.2) is 0 Å². The quantitative estimate of drug-likeness (QED) is 0.480. The molecule has 1 aromatic heterocycles. The molecule has 0 bridgehead atoms. The van der Waals surface area contributed by atoms with E-state index in [0.717, 1.165) is 15.4 Å². The zero-order valence-electron chi connectivity index (χ0n) is 18.0. The van der Waals surface area contributed by atoms with Crippen LogP contribution in [0.5, 0.6) is 5.75 Å². The number of amides is 2. The normalized spacial score (nSPS) is 13.8. The van der Waals surface area contributed by atoms with E-state index in [9.17, 15) is 9.59 Å². The summed E-state index contributed by atoms with van der Waals surface area (Å²) in [6.07, 6.45) is 1.90. The molecule has 32 heavy (non-hydrogen) atoms. The van der Waals surface area contributed by atoms with Gasteiger partial charge in [0.25, 0.3) is 11.8 Å². The number of nitrogens with zero attached hydrogens (tertiary/aromatic N) is 3. The lowest BCUT2D eigenvalue weighted by molar-refractivity contribution is 0.0462. The van der Waals surface area contributed by atoms with Gasteiger partial charge in [-0.3, -0.25) is 14.3 Å². The zero-order valence-corrected chi connectivity index (χ0v) is 19.6. The molecule has 2 amide bonds. The van der Waals surface area contributed by atoms with Crippen molar-refractivity contribution < 1.29 is 19.1 Å². The summed E-state index contributed by atoms with van der Waals surface area (Å²) in [4.78, 5) is 26.9. The molecule has 2 heterocycles. The highest BCUT2D eigenvalue weighted by Gasteiger charge is 2.31. The van der Waals surface area contributed by atoms with Crippen LogP contribution >= 0.6 is 15.9 Å². The third kappa shape index (κ3) is 4.63. The second-order valence-electron chi connectivity index (χ2n) is 7.76. The number of methoxy groups -OCH3 is 2. The van der Waals surface area contributed by atoms with Crippen molar-refractivity contribution in [3.05, 3.63) is 58.2 Å². The number of rotatable bonds is 8. The Bertz CT molecular complexity index is 1120. The maximum Gasteiger partial charge on any atom is 0.255 e. The van der Waals surface area contributed by atoms with Gasteiger partial charge in [-0.1, -0.05) is 15.9 Å². The minimum absolute atomic E-state index is 0.0465. The lowest BCUT2D eigenvalue weighted by atomic mass is 9.99. The van der Waals surface area contributed by atoms with Crippen LogP contribution in [0, 0.1) is 5.92 Å². The smallest absolute Gasteiger partial charge is 0.255 e. The minimum Gasteiger partial charge on any atom is -0.495 e. The Hall–Kier alpha value is -2.91. The molecule has 8 nitrogen and oxygen atoms in total. The number of likely N-dealkylation sites (tertiary alicyclic amines) is 1. The van der Waals surface area contributed by atoms with E-state index in [4.69, 9.17) is 9.47 Å². The van der Waals surface area contributed by atoms with Crippen LogP contribution in [0.15, 0.2) is 47.1 Å². The molecule has 0 unspecified atom stereocenters. The van der Waals surface area contributed by atoms with Crippen molar-refractivity contribution in [2.75, 3.05) is 40.5 Å². The average Bonchev–Trinajstić information content (AvgIpc) is 3.18. The summed E-state index contributed by atoms with van der Waals surface area (Å²) in [5.41, 5.74) is 1.92. The Morgan fingerprint density at radius 1 is 1.16 bits per heavy atom. The van der Waals surface area contributed by atoms with E-state index < -0.39 is 0 Å². The Morgan fingerprint density at radius 3 is 2.59 bits per heavy atom.